The smallest absolute Gasteiger partial charge is 0.307 e. The Kier molecular flexibility index (Phi) is 3.45. The second kappa shape index (κ2) is 5.12. The lowest BCUT2D eigenvalue weighted by Gasteiger charge is -2.46. The number of methoxy groups -OCH3 is 1. The first-order valence-electron chi connectivity index (χ1n) is 7.58. The predicted octanol–water partition coefficient (Wildman–Crippen LogP) is 3.54. The molecular weight excluding hydrogens is 252 g/mol. The lowest BCUT2D eigenvalue weighted by molar-refractivity contribution is -0.146. The lowest BCUT2D eigenvalue weighted by Crippen LogP contribution is -2.45. The normalized spacial score (nSPS) is 24.1. The maximum atomic E-state index is 11.8. The predicted molar refractivity (Wildman–Crippen MR) is 77.2 cm³/mol. The van der Waals surface area contributed by atoms with Gasteiger partial charge in [0, 0.05) is 5.41 Å². The summed E-state index contributed by atoms with van der Waals surface area (Å²) in [6, 6.07) is 6.15. The molecule has 0 aromatic heterocycles. The average molecular weight is 274 g/mol. The molecule has 1 unspecified atom stereocenters. The van der Waals surface area contributed by atoms with Crippen molar-refractivity contribution in [1.82, 2.24) is 0 Å². The molecule has 2 aliphatic rings. The molecule has 1 fully saturated rings. The number of hydrogen-bond acceptors (Lipinski definition) is 2. The minimum absolute atomic E-state index is 0.161. The summed E-state index contributed by atoms with van der Waals surface area (Å²) in [5.74, 6) is 0.0686. The van der Waals surface area contributed by atoms with Gasteiger partial charge in [0.25, 0.3) is 0 Å². The molecule has 3 heteroatoms. The molecule has 108 valence electrons. The Bertz CT molecular complexity index is 515. The van der Waals surface area contributed by atoms with Crippen LogP contribution in [0, 0.1) is 5.92 Å². The van der Waals surface area contributed by atoms with Crippen LogP contribution in [-0.4, -0.2) is 18.2 Å². The Morgan fingerprint density at radius 1 is 1.30 bits per heavy atom. The number of hydrogen-bond donors (Lipinski definition) is 1. The number of fused-ring (bicyclic) bond motifs is 2. The van der Waals surface area contributed by atoms with Gasteiger partial charge in [0.2, 0.25) is 0 Å². The molecule has 0 heterocycles. The third kappa shape index (κ3) is 1.91. The van der Waals surface area contributed by atoms with Crippen molar-refractivity contribution < 1.29 is 14.6 Å². The molecule has 0 saturated heterocycles. The first-order chi connectivity index (χ1) is 9.69. The number of ether oxygens (including phenoxy) is 1. The van der Waals surface area contributed by atoms with Crippen molar-refractivity contribution in [3.63, 3.8) is 0 Å². The van der Waals surface area contributed by atoms with E-state index in [9.17, 15) is 9.90 Å². The molecule has 0 radical (unpaired) electrons. The fraction of sp³-hybridized carbons (Fsp3) is 0.588. The molecule has 0 bridgehead atoms. The van der Waals surface area contributed by atoms with Gasteiger partial charge < -0.3 is 9.84 Å². The van der Waals surface area contributed by atoms with Gasteiger partial charge in [-0.2, -0.15) is 0 Å². The topological polar surface area (TPSA) is 46.5 Å². The van der Waals surface area contributed by atoms with Crippen molar-refractivity contribution in [2.75, 3.05) is 7.11 Å². The Balaban J connectivity index is 2.14. The monoisotopic (exact) mass is 274 g/mol. The molecule has 2 aliphatic carbocycles. The molecule has 0 aliphatic heterocycles. The zero-order valence-electron chi connectivity index (χ0n) is 12.0. The van der Waals surface area contributed by atoms with Crippen LogP contribution in [0.3, 0.4) is 0 Å². The highest BCUT2D eigenvalue weighted by Crippen LogP contribution is 2.52. The van der Waals surface area contributed by atoms with Gasteiger partial charge in [0.05, 0.1) is 13.0 Å². The molecule has 1 aromatic carbocycles. The zero-order valence-corrected chi connectivity index (χ0v) is 12.0. The number of rotatable bonds is 2. The van der Waals surface area contributed by atoms with Crippen LogP contribution in [0.4, 0.5) is 0 Å². The Morgan fingerprint density at radius 2 is 2.05 bits per heavy atom. The minimum atomic E-state index is -0.625. The van der Waals surface area contributed by atoms with Crippen molar-refractivity contribution in [1.29, 1.82) is 0 Å². The van der Waals surface area contributed by atoms with Crippen LogP contribution in [0.1, 0.15) is 49.7 Å². The van der Waals surface area contributed by atoms with E-state index < -0.39 is 5.97 Å². The quantitative estimate of drug-likeness (QED) is 0.897. The number of carboxylic acid groups (broad SMARTS) is 1. The van der Waals surface area contributed by atoms with Crippen LogP contribution in [0.5, 0.6) is 5.75 Å². The van der Waals surface area contributed by atoms with E-state index >= 15 is 0 Å². The van der Waals surface area contributed by atoms with Crippen molar-refractivity contribution in [3.05, 3.63) is 29.3 Å². The lowest BCUT2D eigenvalue weighted by atomic mass is 9.57. The van der Waals surface area contributed by atoms with E-state index in [0.717, 1.165) is 44.3 Å². The van der Waals surface area contributed by atoms with Gasteiger partial charge >= 0.3 is 5.97 Å². The molecule has 1 spiro atoms. The Hall–Kier alpha value is -1.51. The maximum absolute atomic E-state index is 11.8. The molecule has 0 amide bonds. The van der Waals surface area contributed by atoms with Gasteiger partial charge in [0.15, 0.2) is 0 Å². The molecule has 1 atom stereocenters. The summed E-state index contributed by atoms with van der Waals surface area (Å²) < 4.78 is 5.49. The maximum Gasteiger partial charge on any atom is 0.307 e. The molecule has 1 saturated carbocycles. The van der Waals surface area contributed by atoms with E-state index in [-0.39, 0.29) is 11.3 Å². The number of carbonyl (C=O) groups is 1. The van der Waals surface area contributed by atoms with Crippen LogP contribution in [0.2, 0.25) is 0 Å². The van der Waals surface area contributed by atoms with Crippen LogP contribution in [0.25, 0.3) is 0 Å². The molecule has 3 nitrogen and oxygen atoms in total. The van der Waals surface area contributed by atoms with Gasteiger partial charge in [-0.15, -0.1) is 0 Å². The van der Waals surface area contributed by atoms with Gasteiger partial charge in [-0.05, 0) is 42.9 Å². The largest absolute Gasteiger partial charge is 0.496 e. The van der Waals surface area contributed by atoms with Gasteiger partial charge in [-0.25, -0.2) is 0 Å². The second-order valence-corrected chi connectivity index (χ2v) is 6.13. The summed E-state index contributed by atoms with van der Waals surface area (Å²) in [4.78, 5) is 11.8. The highest BCUT2D eigenvalue weighted by Gasteiger charge is 2.48. The molecule has 20 heavy (non-hydrogen) atoms. The van der Waals surface area contributed by atoms with Crippen molar-refractivity contribution in [3.8, 4) is 5.75 Å². The Morgan fingerprint density at radius 3 is 2.70 bits per heavy atom. The fourth-order valence-corrected chi connectivity index (χ4v) is 4.39. The summed E-state index contributed by atoms with van der Waals surface area (Å²) >= 11 is 0. The van der Waals surface area contributed by atoms with E-state index in [4.69, 9.17) is 4.74 Å². The highest BCUT2D eigenvalue weighted by atomic mass is 16.5. The van der Waals surface area contributed by atoms with Gasteiger partial charge in [-0.3, -0.25) is 4.79 Å². The number of benzene rings is 1. The zero-order chi connectivity index (χ0) is 14.2. The SMILES string of the molecule is COc1cccc2c1CCC(C(=O)O)C21CCCCC1. The average Bonchev–Trinajstić information content (AvgIpc) is 2.47. The number of carboxylic acids is 1. The van der Waals surface area contributed by atoms with E-state index in [1.54, 1.807) is 7.11 Å². The molecular formula is C17H22O3. The van der Waals surface area contributed by atoms with Gasteiger partial charge in [-0.1, -0.05) is 31.4 Å². The van der Waals surface area contributed by atoms with E-state index in [0.29, 0.717) is 0 Å². The van der Waals surface area contributed by atoms with E-state index in [1.807, 2.05) is 12.1 Å². The molecule has 1 N–H and O–H groups in total. The third-order valence-electron chi connectivity index (χ3n) is 5.28. The van der Waals surface area contributed by atoms with Crippen LogP contribution >= 0.6 is 0 Å². The summed E-state index contributed by atoms with van der Waals surface area (Å²) in [7, 11) is 1.70. The third-order valence-corrected chi connectivity index (χ3v) is 5.28. The highest BCUT2D eigenvalue weighted by molar-refractivity contribution is 5.74. The summed E-state index contributed by atoms with van der Waals surface area (Å²) in [6.45, 7) is 0. The first-order valence-corrected chi connectivity index (χ1v) is 7.58. The van der Waals surface area contributed by atoms with Crippen LogP contribution in [0.15, 0.2) is 18.2 Å². The van der Waals surface area contributed by atoms with Crippen molar-refractivity contribution in [2.45, 2.75) is 50.4 Å². The van der Waals surface area contributed by atoms with Crippen LogP contribution < -0.4 is 4.74 Å². The van der Waals surface area contributed by atoms with Gasteiger partial charge in [0.1, 0.15) is 5.75 Å². The minimum Gasteiger partial charge on any atom is -0.496 e. The second-order valence-electron chi connectivity index (χ2n) is 6.13. The van der Waals surface area contributed by atoms with E-state index in [2.05, 4.69) is 6.07 Å². The fourth-order valence-electron chi connectivity index (χ4n) is 4.39. The van der Waals surface area contributed by atoms with Crippen molar-refractivity contribution >= 4 is 5.97 Å². The molecule has 3 rings (SSSR count). The van der Waals surface area contributed by atoms with E-state index in [1.165, 1.54) is 17.5 Å². The summed E-state index contributed by atoms with van der Waals surface area (Å²) in [5.41, 5.74) is 2.33. The van der Waals surface area contributed by atoms with Crippen LogP contribution in [-0.2, 0) is 16.6 Å². The molecule has 1 aromatic rings. The summed E-state index contributed by atoms with van der Waals surface area (Å²) in [5, 5.41) is 9.68. The standard InChI is InChI=1S/C17H22O3/c1-20-15-7-5-6-13-12(15)8-9-14(16(18)19)17(13)10-3-2-4-11-17/h5-7,14H,2-4,8-11H2,1H3,(H,18,19). The Labute approximate surface area is 120 Å². The number of aliphatic carboxylic acids is 1. The van der Waals surface area contributed by atoms with Crippen molar-refractivity contribution in [2.24, 2.45) is 5.92 Å². The summed E-state index contributed by atoms with van der Waals surface area (Å²) in [6.07, 6.45) is 7.07. The first kappa shape index (κ1) is 13.5.